The van der Waals surface area contributed by atoms with Crippen LogP contribution in [-0.4, -0.2) is 18.7 Å². The molecule has 2 rings (SSSR count). The van der Waals surface area contributed by atoms with Gasteiger partial charge in [-0.05, 0) is 49.2 Å². The number of hydrogen-bond donors (Lipinski definition) is 1. The van der Waals surface area contributed by atoms with Crippen molar-refractivity contribution in [3.05, 3.63) is 64.2 Å². The van der Waals surface area contributed by atoms with Gasteiger partial charge in [-0.1, -0.05) is 35.4 Å². The average Bonchev–Trinajstić information content (AvgIpc) is 2.49. The summed E-state index contributed by atoms with van der Waals surface area (Å²) in [4.78, 5) is 11.6. The van der Waals surface area contributed by atoms with Gasteiger partial charge in [-0.25, -0.2) is 5.43 Å². The van der Waals surface area contributed by atoms with Crippen LogP contribution < -0.4 is 10.2 Å². The Morgan fingerprint density at radius 3 is 2.64 bits per heavy atom. The molecule has 0 unspecified atom stereocenters. The molecule has 0 aliphatic heterocycles. The fourth-order valence-electron chi connectivity index (χ4n) is 1.86. The maximum absolute atomic E-state index is 11.6. The molecule has 0 heterocycles. The lowest BCUT2D eigenvalue weighted by Crippen LogP contribution is -2.24. The summed E-state index contributed by atoms with van der Waals surface area (Å²) in [6.45, 7) is 3.93. The van der Waals surface area contributed by atoms with Crippen LogP contribution in [-0.2, 0) is 4.79 Å². The number of ether oxygens (including phenoxy) is 1. The zero-order valence-electron chi connectivity index (χ0n) is 12.5. The molecule has 1 amide bonds. The Morgan fingerprint density at radius 1 is 1.23 bits per heavy atom. The molecular weight excluding hydrogens is 300 g/mol. The number of nitrogens with one attached hydrogen (secondary N) is 1. The summed E-state index contributed by atoms with van der Waals surface area (Å²) in [5.41, 5.74) is 5.69. The molecule has 0 aromatic heterocycles. The predicted octanol–water partition coefficient (Wildman–Crippen LogP) is 3.49. The predicted molar refractivity (Wildman–Crippen MR) is 88.6 cm³/mol. The van der Waals surface area contributed by atoms with Crippen molar-refractivity contribution in [3.63, 3.8) is 0 Å². The Hall–Kier alpha value is -2.33. The Bertz CT molecular complexity index is 682. The van der Waals surface area contributed by atoms with Gasteiger partial charge in [0.25, 0.3) is 5.91 Å². The number of carbonyl (C=O) groups excluding carboxylic acids is 1. The fourth-order valence-corrected chi connectivity index (χ4v) is 1.98. The summed E-state index contributed by atoms with van der Waals surface area (Å²) < 4.78 is 5.32. The zero-order valence-corrected chi connectivity index (χ0v) is 13.2. The Balaban J connectivity index is 1.82. The van der Waals surface area contributed by atoms with Crippen molar-refractivity contribution >= 4 is 23.7 Å². The topological polar surface area (TPSA) is 50.7 Å². The number of hydrazone groups is 1. The first-order valence-electron chi connectivity index (χ1n) is 6.82. The third kappa shape index (κ3) is 4.90. The van der Waals surface area contributed by atoms with E-state index in [0.29, 0.717) is 10.8 Å². The summed E-state index contributed by atoms with van der Waals surface area (Å²) in [7, 11) is 0. The molecule has 0 spiro atoms. The van der Waals surface area contributed by atoms with Crippen LogP contribution in [0.15, 0.2) is 47.6 Å². The second-order valence-corrected chi connectivity index (χ2v) is 5.33. The van der Waals surface area contributed by atoms with Crippen LogP contribution in [0.3, 0.4) is 0 Å². The average molecular weight is 317 g/mol. The largest absolute Gasteiger partial charge is 0.484 e. The number of halogens is 1. The highest BCUT2D eigenvalue weighted by Gasteiger charge is 2.01. The van der Waals surface area contributed by atoms with E-state index < -0.39 is 0 Å². The monoisotopic (exact) mass is 316 g/mol. The zero-order chi connectivity index (χ0) is 15.9. The molecule has 22 heavy (non-hydrogen) atoms. The standard InChI is InChI=1S/C17H17ClN2O2/c1-12-3-4-14(13(2)9-12)10-19-20-17(21)11-22-16-7-5-15(18)6-8-16/h3-10H,11H2,1-2H3,(H,20,21)/b19-10+. The Labute approximate surface area is 134 Å². The minimum Gasteiger partial charge on any atom is -0.484 e. The number of nitrogens with zero attached hydrogens (tertiary/aromatic N) is 1. The summed E-state index contributed by atoms with van der Waals surface area (Å²) in [6.07, 6.45) is 1.62. The van der Waals surface area contributed by atoms with Gasteiger partial charge >= 0.3 is 0 Å². The highest BCUT2D eigenvalue weighted by molar-refractivity contribution is 6.30. The number of rotatable bonds is 5. The normalized spacial score (nSPS) is 10.7. The first-order valence-corrected chi connectivity index (χ1v) is 7.20. The number of hydrogen-bond acceptors (Lipinski definition) is 3. The quantitative estimate of drug-likeness (QED) is 0.678. The molecule has 1 N–H and O–H groups in total. The molecule has 0 saturated carbocycles. The highest BCUT2D eigenvalue weighted by Crippen LogP contribution is 2.15. The van der Waals surface area contributed by atoms with E-state index >= 15 is 0 Å². The van der Waals surface area contributed by atoms with Gasteiger partial charge in [-0.3, -0.25) is 4.79 Å². The minimum atomic E-state index is -0.323. The first-order chi connectivity index (χ1) is 10.5. The number of carbonyl (C=O) groups is 1. The van der Waals surface area contributed by atoms with Gasteiger partial charge < -0.3 is 4.74 Å². The molecule has 5 heteroatoms. The van der Waals surface area contributed by atoms with Gasteiger partial charge in [0.2, 0.25) is 0 Å². The molecule has 0 radical (unpaired) electrons. The van der Waals surface area contributed by atoms with Gasteiger partial charge in [0.05, 0.1) is 6.21 Å². The van der Waals surface area contributed by atoms with Crippen LogP contribution in [0, 0.1) is 13.8 Å². The second kappa shape index (κ2) is 7.61. The van der Waals surface area contributed by atoms with Crippen molar-refractivity contribution in [1.29, 1.82) is 0 Å². The van der Waals surface area contributed by atoms with Crippen molar-refractivity contribution in [2.45, 2.75) is 13.8 Å². The smallest absolute Gasteiger partial charge is 0.277 e. The third-order valence-corrected chi connectivity index (χ3v) is 3.25. The summed E-state index contributed by atoms with van der Waals surface area (Å²) >= 11 is 5.77. The third-order valence-electron chi connectivity index (χ3n) is 3.00. The summed E-state index contributed by atoms with van der Waals surface area (Å²) in [6, 6.07) is 12.8. The van der Waals surface area contributed by atoms with Crippen molar-refractivity contribution in [3.8, 4) is 5.75 Å². The van der Waals surface area contributed by atoms with Gasteiger partial charge in [0, 0.05) is 5.02 Å². The lowest BCUT2D eigenvalue weighted by molar-refractivity contribution is -0.123. The van der Waals surface area contributed by atoms with E-state index in [0.717, 1.165) is 11.1 Å². The SMILES string of the molecule is Cc1ccc(/C=N/NC(=O)COc2ccc(Cl)cc2)c(C)c1. The van der Waals surface area contributed by atoms with Crippen molar-refractivity contribution in [2.75, 3.05) is 6.61 Å². The van der Waals surface area contributed by atoms with Gasteiger partial charge in [-0.15, -0.1) is 0 Å². The van der Waals surface area contributed by atoms with Gasteiger partial charge in [0.1, 0.15) is 5.75 Å². The molecule has 0 aliphatic rings. The van der Waals surface area contributed by atoms with Crippen LogP contribution in [0.4, 0.5) is 0 Å². The summed E-state index contributed by atoms with van der Waals surface area (Å²) in [5, 5.41) is 4.55. The lowest BCUT2D eigenvalue weighted by atomic mass is 10.1. The van der Waals surface area contributed by atoms with E-state index in [9.17, 15) is 4.79 Å². The van der Waals surface area contributed by atoms with E-state index in [4.69, 9.17) is 16.3 Å². The highest BCUT2D eigenvalue weighted by atomic mass is 35.5. The van der Waals surface area contributed by atoms with E-state index in [-0.39, 0.29) is 12.5 Å². The van der Waals surface area contributed by atoms with E-state index in [1.54, 1.807) is 30.5 Å². The molecule has 0 bridgehead atoms. The molecule has 2 aromatic carbocycles. The molecular formula is C17H17ClN2O2. The van der Waals surface area contributed by atoms with Crippen LogP contribution in [0.5, 0.6) is 5.75 Å². The van der Waals surface area contributed by atoms with Gasteiger partial charge in [0.15, 0.2) is 6.61 Å². The van der Waals surface area contributed by atoms with Crippen LogP contribution in [0.25, 0.3) is 0 Å². The number of benzene rings is 2. The molecule has 0 saturated heterocycles. The van der Waals surface area contributed by atoms with E-state index in [2.05, 4.69) is 16.6 Å². The van der Waals surface area contributed by atoms with Gasteiger partial charge in [-0.2, -0.15) is 5.10 Å². The van der Waals surface area contributed by atoms with Crippen LogP contribution in [0.1, 0.15) is 16.7 Å². The maximum atomic E-state index is 11.6. The maximum Gasteiger partial charge on any atom is 0.277 e. The van der Waals surface area contributed by atoms with E-state index in [1.165, 1.54) is 5.56 Å². The number of amides is 1. The fraction of sp³-hybridized carbons (Fsp3) is 0.176. The van der Waals surface area contributed by atoms with Crippen LogP contribution >= 0.6 is 11.6 Å². The molecule has 114 valence electrons. The van der Waals surface area contributed by atoms with E-state index in [1.807, 2.05) is 26.0 Å². The van der Waals surface area contributed by atoms with Crippen molar-refractivity contribution < 1.29 is 9.53 Å². The summed E-state index contributed by atoms with van der Waals surface area (Å²) in [5.74, 6) is 0.258. The first kappa shape index (κ1) is 16.0. The molecule has 2 aromatic rings. The molecule has 0 aliphatic carbocycles. The molecule has 0 fully saturated rings. The second-order valence-electron chi connectivity index (χ2n) is 4.90. The van der Waals surface area contributed by atoms with Crippen molar-refractivity contribution in [2.24, 2.45) is 5.10 Å². The van der Waals surface area contributed by atoms with Crippen molar-refractivity contribution in [1.82, 2.24) is 5.43 Å². The Kier molecular flexibility index (Phi) is 5.55. The van der Waals surface area contributed by atoms with Crippen LogP contribution in [0.2, 0.25) is 5.02 Å². The minimum absolute atomic E-state index is 0.105. The molecule has 0 atom stereocenters. The number of aryl methyl sites for hydroxylation is 2. The Morgan fingerprint density at radius 2 is 1.95 bits per heavy atom. The lowest BCUT2D eigenvalue weighted by Gasteiger charge is -2.05. The molecule has 4 nitrogen and oxygen atoms in total.